The number of hydrogen-bond acceptors (Lipinski definition) is 4. The summed E-state index contributed by atoms with van der Waals surface area (Å²) < 4.78 is 5.06. The zero-order valence-electron chi connectivity index (χ0n) is 14.5. The van der Waals surface area contributed by atoms with Gasteiger partial charge in [0.15, 0.2) is 0 Å². The van der Waals surface area contributed by atoms with Gasteiger partial charge in [-0.15, -0.1) is 0 Å². The van der Waals surface area contributed by atoms with E-state index in [1.54, 1.807) is 18.2 Å². The first-order valence-corrected chi connectivity index (χ1v) is 8.54. The van der Waals surface area contributed by atoms with Crippen molar-refractivity contribution in [1.82, 2.24) is 5.32 Å². The van der Waals surface area contributed by atoms with Crippen LogP contribution in [0.4, 0.5) is 5.69 Å². The molecule has 0 aliphatic rings. The van der Waals surface area contributed by atoms with Crippen molar-refractivity contribution in [2.45, 2.75) is 12.8 Å². The highest BCUT2D eigenvalue weighted by molar-refractivity contribution is 6.32. The van der Waals surface area contributed by atoms with Crippen LogP contribution in [0.15, 0.2) is 60.3 Å². The lowest BCUT2D eigenvalue weighted by Crippen LogP contribution is -2.17. The van der Waals surface area contributed by atoms with Crippen molar-refractivity contribution in [3.8, 4) is 11.8 Å². The number of hydrogen-bond donors (Lipinski definition) is 2. The van der Waals surface area contributed by atoms with Gasteiger partial charge in [-0.3, -0.25) is 4.79 Å². The van der Waals surface area contributed by atoms with Crippen molar-refractivity contribution in [3.05, 3.63) is 70.9 Å². The summed E-state index contributed by atoms with van der Waals surface area (Å²) in [6.45, 7) is 0.668. The zero-order valence-corrected chi connectivity index (χ0v) is 15.2. The predicted octanol–water partition coefficient (Wildman–Crippen LogP) is 3.92. The summed E-state index contributed by atoms with van der Waals surface area (Å²) in [6, 6.07) is 16.9. The fourth-order valence-electron chi connectivity index (χ4n) is 2.30. The smallest absolute Gasteiger partial charge is 0.267 e. The number of methoxy groups -OCH3 is 1. The SMILES string of the molecule is COc1ccc(NC(=O)/C(C#N)=C\NCCCc2ccccc2)cc1Cl. The van der Waals surface area contributed by atoms with Crippen LogP contribution in [0, 0.1) is 11.3 Å². The van der Waals surface area contributed by atoms with Crippen LogP contribution in [-0.4, -0.2) is 19.6 Å². The average molecular weight is 370 g/mol. The van der Waals surface area contributed by atoms with Crippen molar-refractivity contribution < 1.29 is 9.53 Å². The number of carbonyl (C=O) groups excluding carboxylic acids is 1. The first-order valence-electron chi connectivity index (χ1n) is 8.16. The molecule has 0 saturated heterocycles. The van der Waals surface area contributed by atoms with Gasteiger partial charge in [0.2, 0.25) is 0 Å². The Balaban J connectivity index is 1.84. The second kappa shape index (κ2) is 10.1. The minimum atomic E-state index is -0.496. The summed E-state index contributed by atoms with van der Waals surface area (Å²) in [6.07, 6.45) is 3.26. The maximum atomic E-state index is 12.2. The summed E-state index contributed by atoms with van der Waals surface area (Å²) in [5, 5.41) is 15.2. The van der Waals surface area contributed by atoms with Crippen LogP contribution in [0.5, 0.6) is 5.75 Å². The minimum Gasteiger partial charge on any atom is -0.495 e. The highest BCUT2D eigenvalue weighted by Crippen LogP contribution is 2.27. The first-order chi connectivity index (χ1) is 12.6. The number of nitriles is 1. The van der Waals surface area contributed by atoms with E-state index in [0.717, 1.165) is 12.8 Å². The van der Waals surface area contributed by atoms with E-state index in [-0.39, 0.29) is 5.57 Å². The van der Waals surface area contributed by atoms with E-state index >= 15 is 0 Å². The number of anilines is 1. The van der Waals surface area contributed by atoms with Gasteiger partial charge < -0.3 is 15.4 Å². The van der Waals surface area contributed by atoms with Gasteiger partial charge in [-0.05, 0) is 36.6 Å². The molecule has 0 heterocycles. The molecule has 6 heteroatoms. The monoisotopic (exact) mass is 369 g/mol. The molecule has 0 aromatic heterocycles. The number of ether oxygens (including phenoxy) is 1. The Morgan fingerprint density at radius 2 is 2.04 bits per heavy atom. The maximum Gasteiger partial charge on any atom is 0.267 e. The van der Waals surface area contributed by atoms with Crippen LogP contribution in [-0.2, 0) is 11.2 Å². The molecule has 2 N–H and O–H groups in total. The largest absolute Gasteiger partial charge is 0.495 e. The maximum absolute atomic E-state index is 12.2. The van der Waals surface area contributed by atoms with Gasteiger partial charge in [-0.25, -0.2) is 0 Å². The molecule has 5 nitrogen and oxygen atoms in total. The van der Waals surface area contributed by atoms with Crippen LogP contribution in [0.3, 0.4) is 0 Å². The molecule has 1 amide bonds. The van der Waals surface area contributed by atoms with Gasteiger partial charge in [-0.2, -0.15) is 5.26 Å². The van der Waals surface area contributed by atoms with E-state index in [9.17, 15) is 10.1 Å². The van der Waals surface area contributed by atoms with Gasteiger partial charge in [0, 0.05) is 18.4 Å². The number of carbonyl (C=O) groups is 1. The summed E-state index contributed by atoms with van der Waals surface area (Å²) in [5.41, 5.74) is 1.75. The van der Waals surface area contributed by atoms with Gasteiger partial charge in [0.25, 0.3) is 5.91 Å². The van der Waals surface area contributed by atoms with Gasteiger partial charge in [0.05, 0.1) is 12.1 Å². The van der Waals surface area contributed by atoms with Crippen LogP contribution in [0.2, 0.25) is 5.02 Å². The summed E-state index contributed by atoms with van der Waals surface area (Å²) in [7, 11) is 1.51. The number of nitrogens with one attached hydrogen (secondary N) is 2. The number of halogens is 1. The minimum absolute atomic E-state index is 0.00310. The highest BCUT2D eigenvalue weighted by Gasteiger charge is 2.10. The summed E-state index contributed by atoms with van der Waals surface area (Å²) >= 11 is 6.03. The molecule has 0 fully saturated rings. The average Bonchev–Trinajstić information content (AvgIpc) is 2.65. The van der Waals surface area contributed by atoms with Crippen molar-refractivity contribution in [2.24, 2.45) is 0 Å². The molecule has 0 bridgehead atoms. The second-order valence-electron chi connectivity index (χ2n) is 5.52. The second-order valence-corrected chi connectivity index (χ2v) is 5.92. The molecule has 2 aromatic rings. The van der Waals surface area contributed by atoms with Crippen molar-refractivity contribution in [1.29, 1.82) is 5.26 Å². The van der Waals surface area contributed by atoms with E-state index in [2.05, 4.69) is 22.8 Å². The predicted molar refractivity (Wildman–Crippen MR) is 103 cm³/mol. The van der Waals surface area contributed by atoms with E-state index in [1.165, 1.54) is 18.9 Å². The van der Waals surface area contributed by atoms with Crippen molar-refractivity contribution >= 4 is 23.2 Å². The van der Waals surface area contributed by atoms with E-state index in [0.29, 0.717) is 23.0 Å². The standard InChI is InChI=1S/C20H20ClN3O2/c1-26-19-10-9-17(12-18(19)21)24-20(25)16(13-22)14-23-11-5-8-15-6-3-2-4-7-15/h2-4,6-7,9-10,12,14,23H,5,8,11H2,1H3,(H,24,25)/b16-14-. The van der Waals surface area contributed by atoms with Crippen LogP contribution >= 0.6 is 11.6 Å². The fraction of sp³-hybridized carbons (Fsp3) is 0.200. The molecule has 26 heavy (non-hydrogen) atoms. The molecule has 0 atom stereocenters. The van der Waals surface area contributed by atoms with E-state index in [1.807, 2.05) is 24.3 Å². The van der Waals surface area contributed by atoms with E-state index < -0.39 is 5.91 Å². The number of benzene rings is 2. The molecule has 2 aromatic carbocycles. The molecular weight excluding hydrogens is 350 g/mol. The number of amides is 1. The Morgan fingerprint density at radius 3 is 2.69 bits per heavy atom. The molecule has 2 rings (SSSR count). The highest BCUT2D eigenvalue weighted by atomic mass is 35.5. The van der Waals surface area contributed by atoms with Gasteiger partial charge >= 0.3 is 0 Å². The lowest BCUT2D eigenvalue weighted by molar-refractivity contribution is -0.112. The number of aryl methyl sites for hydroxylation is 1. The zero-order chi connectivity index (χ0) is 18.8. The van der Waals surface area contributed by atoms with E-state index in [4.69, 9.17) is 16.3 Å². The number of rotatable bonds is 8. The van der Waals surface area contributed by atoms with Gasteiger partial charge in [-0.1, -0.05) is 41.9 Å². The Hall–Kier alpha value is -2.97. The third-order valence-corrected chi connectivity index (χ3v) is 3.95. The number of nitrogens with zero attached hydrogens (tertiary/aromatic N) is 1. The molecule has 0 radical (unpaired) electrons. The molecular formula is C20H20ClN3O2. The molecule has 0 spiro atoms. The summed E-state index contributed by atoms with van der Waals surface area (Å²) in [4.78, 5) is 12.2. The normalized spacial score (nSPS) is 10.7. The lowest BCUT2D eigenvalue weighted by atomic mass is 10.1. The molecule has 134 valence electrons. The first kappa shape index (κ1) is 19.4. The van der Waals surface area contributed by atoms with Crippen LogP contribution in [0.25, 0.3) is 0 Å². The Bertz CT molecular complexity index is 814. The van der Waals surface area contributed by atoms with Crippen LogP contribution in [0.1, 0.15) is 12.0 Å². The molecule has 0 unspecified atom stereocenters. The van der Waals surface area contributed by atoms with Crippen molar-refractivity contribution in [2.75, 3.05) is 19.0 Å². The van der Waals surface area contributed by atoms with Crippen molar-refractivity contribution in [3.63, 3.8) is 0 Å². The molecule has 0 saturated carbocycles. The Labute approximate surface area is 158 Å². The summed E-state index contributed by atoms with van der Waals surface area (Å²) in [5.74, 6) is 0.0186. The van der Waals surface area contributed by atoms with Crippen LogP contribution < -0.4 is 15.4 Å². The third kappa shape index (κ3) is 5.83. The Morgan fingerprint density at radius 1 is 1.27 bits per heavy atom. The molecule has 0 aliphatic carbocycles. The molecule has 0 aliphatic heterocycles. The quantitative estimate of drug-likeness (QED) is 0.420. The Kier molecular flexibility index (Phi) is 7.53. The fourth-order valence-corrected chi connectivity index (χ4v) is 2.56. The third-order valence-electron chi connectivity index (χ3n) is 3.65. The topological polar surface area (TPSA) is 74.1 Å². The lowest BCUT2D eigenvalue weighted by Gasteiger charge is -2.08. The van der Waals surface area contributed by atoms with Gasteiger partial charge in [0.1, 0.15) is 17.4 Å².